The van der Waals surface area contributed by atoms with Crippen molar-refractivity contribution in [3.8, 4) is 11.5 Å². The normalized spacial score (nSPS) is 14.9. The molecule has 11 heteroatoms. The van der Waals surface area contributed by atoms with E-state index in [2.05, 4.69) is 33.6 Å². The molecule has 0 atom stereocenters. The molecule has 0 aliphatic carbocycles. The zero-order chi connectivity index (χ0) is 31.3. The average Bonchev–Trinajstić information content (AvgIpc) is 3.59. The number of hydrogen-bond donors (Lipinski definition) is 1. The van der Waals surface area contributed by atoms with Crippen molar-refractivity contribution in [3.05, 3.63) is 132 Å². The summed E-state index contributed by atoms with van der Waals surface area (Å²) in [7, 11) is 1.58. The summed E-state index contributed by atoms with van der Waals surface area (Å²) in [6, 6.07) is 27.7. The first kappa shape index (κ1) is 30.4. The number of nitrogens with zero attached hydrogens (tertiary/aromatic N) is 3. The van der Waals surface area contributed by atoms with Crippen LogP contribution in [0.15, 0.2) is 107 Å². The summed E-state index contributed by atoms with van der Waals surface area (Å²) in [5.41, 5.74) is 4.45. The van der Waals surface area contributed by atoms with Crippen molar-refractivity contribution >= 4 is 73.8 Å². The number of amides is 1. The van der Waals surface area contributed by atoms with E-state index in [4.69, 9.17) is 14.5 Å². The quantitative estimate of drug-likeness (QED) is 0.0673. The van der Waals surface area contributed by atoms with E-state index >= 15 is 0 Å². The van der Waals surface area contributed by atoms with Crippen molar-refractivity contribution in [2.75, 3.05) is 13.7 Å². The highest BCUT2D eigenvalue weighted by Gasteiger charge is 2.33. The number of aromatic amines is 1. The number of carbonyl (C=O) groups is 1. The summed E-state index contributed by atoms with van der Waals surface area (Å²) in [5.74, 6) is 0.990. The van der Waals surface area contributed by atoms with Gasteiger partial charge in [-0.2, -0.15) is 0 Å². The Morgan fingerprint density at radius 2 is 1.80 bits per heavy atom. The van der Waals surface area contributed by atoms with Crippen LogP contribution in [0, 0.1) is 13.7 Å². The van der Waals surface area contributed by atoms with Gasteiger partial charge in [0, 0.05) is 39.3 Å². The molecule has 1 N–H and O–H groups in total. The first-order valence-corrected chi connectivity index (χ1v) is 15.9. The Labute approximate surface area is 277 Å². The van der Waals surface area contributed by atoms with Crippen molar-refractivity contribution in [2.45, 2.75) is 13.0 Å². The number of methoxy groups -OCH3 is 1. The third kappa shape index (κ3) is 7.04. The van der Waals surface area contributed by atoms with E-state index in [9.17, 15) is 14.9 Å². The van der Waals surface area contributed by atoms with Gasteiger partial charge in [-0.25, -0.2) is 4.99 Å². The molecule has 1 aliphatic heterocycles. The largest absolute Gasteiger partial charge is 0.493 e. The second-order valence-corrected chi connectivity index (χ2v) is 12.4. The highest BCUT2D eigenvalue weighted by molar-refractivity contribution is 14.1. The van der Waals surface area contributed by atoms with Crippen LogP contribution in [0.3, 0.4) is 0 Å². The fourth-order valence-electron chi connectivity index (χ4n) is 4.90. The topological polar surface area (TPSA) is 110 Å². The lowest BCUT2D eigenvalue weighted by atomic mass is 10.1. The number of rotatable bonds is 10. The fourth-order valence-corrected chi connectivity index (χ4v) is 6.29. The van der Waals surface area contributed by atoms with E-state index in [1.807, 2.05) is 72.9 Å². The number of H-pyrrole nitrogens is 1. The SMILES string of the molecule is COc1cc(/C=C2\SC(=Nc3ccc([N+](=O)[O-])cc3)N(CCc3c[nH]c4ccccc34)C2=O)ccc1OCc1ccc(I)cc1. The molecule has 4 aromatic carbocycles. The second kappa shape index (κ2) is 13.6. The lowest BCUT2D eigenvalue weighted by Crippen LogP contribution is -2.31. The smallest absolute Gasteiger partial charge is 0.269 e. The number of aliphatic imine (C=N–C) groups is 1. The predicted molar refractivity (Wildman–Crippen MR) is 186 cm³/mol. The predicted octanol–water partition coefficient (Wildman–Crippen LogP) is 8.12. The number of non-ortho nitro benzene ring substituents is 1. The molecule has 6 rings (SSSR count). The molecule has 0 bridgehead atoms. The van der Waals surface area contributed by atoms with Crippen LogP contribution in [-0.4, -0.2) is 39.5 Å². The summed E-state index contributed by atoms with van der Waals surface area (Å²) >= 11 is 3.53. The summed E-state index contributed by atoms with van der Waals surface area (Å²) in [4.78, 5) is 34.6. The maximum absolute atomic E-state index is 13.8. The monoisotopic (exact) mass is 730 g/mol. The van der Waals surface area contributed by atoms with Gasteiger partial charge in [0.15, 0.2) is 16.7 Å². The van der Waals surface area contributed by atoms with Gasteiger partial charge in [-0.05, 0) is 106 Å². The fraction of sp³-hybridized carbons (Fsp3) is 0.118. The summed E-state index contributed by atoms with van der Waals surface area (Å²) < 4.78 is 12.8. The van der Waals surface area contributed by atoms with E-state index in [-0.39, 0.29) is 11.6 Å². The maximum atomic E-state index is 13.8. The lowest BCUT2D eigenvalue weighted by molar-refractivity contribution is -0.384. The van der Waals surface area contributed by atoms with Crippen LogP contribution in [0.25, 0.3) is 17.0 Å². The highest BCUT2D eigenvalue weighted by Crippen LogP contribution is 2.36. The molecule has 0 saturated carbocycles. The van der Waals surface area contributed by atoms with Crippen LogP contribution < -0.4 is 9.47 Å². The first-order chi connectivity index (χ1) is 21.9. The third-order valence-corrected chi connectivity index (χ3v) is 8.97. The van der Waals surface area contributed by atoms with Gasteiger partial charge in [0.1, 0.15) is 6.61 Å². The van der Waals surface area contributed by atoms with Gasteiger partial charge < -0.3 is 14.5 Å². The number of nitrogens with one attached hydrogen (secondary N) is 1. The number of ether oxygens (including phenoxy) is 2. The number of benzene rings is 4. The Morgan fingerprint density at radius 3 is 2.56 bits per heavy atom. The number of fused-ring (bicyclic) bond motifs is 1. The van der Waals surface area contributed by atoms with Crippen LogP contribution >= 0.6 is 34.4 Å². The Bertz CT molecular complexity index is 1940. The van der Waals surface area contributed by atoms with Gasteiger partial charge in [-0.15, -0.1) is 0 Å². The Kier molecular flexibility index (Phi) is 9.17. The van der Waals surface area contributed by atoms with E-state index in [0.29, 0.717) is 46.8 Å². The minimum absolute atomic E-state index is 0.0224. The molecular weight excluding hydrogens is 703 g/mol. The Balaban J connectivity index is 1.26. The standard InChI is InChI=1S/C34H27IN4O5S/c1-43-31-18-23(8-15-30(31)44-21-22-6-9-25(35)10-7-22)19-32-33(40)38(17-16-24-20-36-29-5-3-2-4-28(24)29)34(45-32)37-26-11-13-27(14-12-26)39(41)42/h2-15,18-20,36H,16-17,21H2,1H3/b32-19-,37-34?. The minimum atomic E-state index is -0.452. The molecule has 226 valence electrons. The molecule has 1 amide bonds. The van der Waals surface area contributed by atoms with Gasteiger partial charge in [-0.3, -0.25) is 19.8 Å². The number of nitro groups is 1. The highest BCUT2D eigenvalue weighted by atomic mass is 127. The van der Waals surface area contributed by atoms with Crippen LogP contribution in [0.2, 0.25) is 0 Å². The number of amidine groups is 1. The molecule has 5 aromatic rings. The molecule has 1 saturated heterocycles. The van der Waals surface area contributed by atoms with Crippen molar-refractivity contribution in [1.29, 1.82) is 0 Å². The van der Waals surface area contributed by atoms with Gasteiger partial charge >= 0.3 is 0 Å². The molecule has 45 heavy (non-hydrogen) atoms. The molecule has 0 spiro atoms. The van der Waals surface area contributed by atoms with Gasteiger partial charge in [0.25, 0.3) is 11.6 Å². The zero-order valence-electron chi connectivity index (χ0n) is 24.1. The molecule has 1 fully saturated rings. The van der Waals surface area contributed by atoms with Crippen molar-refractivity contribution < 1.29 is 19.2 Å². The molecular formula is C34H27IN4O5S. The maximum Gasteiger partial charge on any atom is 0.269 e. The molecule has 1 aromatic heterocycles. The zero-order valence-corrected chi connectivity index (χ0v) is 27.1. The number of thioether (sulfide) groups is 1. The number of carbonyl (C=O) groups excluding carboxylic acids is 1. The molecule has 0 unspecified atom stereocenters. The van der Waals surface area contributed by atoms with Gasteiger partial charge in [0.05, 0.1) is 22.6 Å². The third-order valence-electron chi connectivity index (χ3n) is 7.25. The lowest BCUT2D eigenvalue weighted by Gasteiger charge is -2.15. The minimum Gasteiger partial charge on any atom is -0.493 e. The number of halogens is 1. The molecule has 2 heterocycles. The van der Waals surface area contributed by atoms with E-state index in [0.717, 1.165) is 31.2 Å². The van der Waals surface area contributed by atoms with Crippen molar-refractivity contribution in [1.82, 2.24) is 9.88 Å². The van der Waals surface area contributed by atoms with Gasteiger partial charge in [0.2, 0.25) is 0 Å². The van der Waals surface area contributed by atoms with Crippen LogP contribution in [0.5, 0.6) is 11.5 Å². The van der Waals surface area contributed by atoms with E-state index in [1.165, 1.54) is 23.9 Å². The molecule has 1 aliphatic rings. The Hall–Kier alpha value is -4.62. The Morgan fingerprint density at radius 1 is 1.02 bits per heavy atom. The average molecular weight is 731 g/mol. The number of aromatic nitrogens is 1. The second-order valence-electron chi connectivity index (χ2n) is 10.2. The van der Waals surface area contributed by atoms with Crippen molar-refractivity contribution in [3.63, 3.8) is 0 Å². The van der Waals surface area contributed by atoms with E-state index < -0.39 is 4.92 Å². The number of hydrogen-bond acceptors (Lipinski definition) is 7. The van der Waals surface area contributed by atoms with Crippen LogP contribution in [0.1, 0.15) is 16.7 Å². The van der Waals surface area contributed by atoms with E-state index in [1.54, 1.807) is 24.1 Å². The summed E-state index contributed by atoms with van der Waals surface area (Å²) in [5, 5.41) is 12.7. The summed E-state index contributed by atoms with van der Waals surface area (Å²) in [6.45, 7) is 0.807. The molecule has 9 nitrogen and oxygen atoms in total. The summed E-state index contributed by atoms with van der Waals surface area (Å²) in [6.07, 6.45) is 4.40. The van der Waals surface area contributed by atoms with Crippen LogP contribution in [0.4, 0.5) is 11.4 Å². The van der Waals surface area contributed by atoms with Crippen LogP contribution in [-0.2, 0) is 17.8 Å². The molecule has 0 radical (unpaired) electrons. The van der Waals surface area contributed by atoms with Gasteiger partial charge in [-0.1, -0.05) is 36.4 Å². The number of para-hydroxylation sites is 1. The van der Waals surface area contributed by atoms with Crippen molar-refractivity contribution in [2.24, 2.45) is 4.99 Å². The number of nitro benzene ring substituents is 1. The first-order valence-electron chi connectivity index (χ1n) is 14.0.